The maximum atomic E-state index is 11.1. The molecular formula is C11H9ClO2. The smallest absolute Gasteiger partial charge is 0.333 e. The first-order valence-corrected chi connectivity index (χ1v) is 4.67. The number of alkyl halides is 1. The zero-order valence-electron chi connectivity index (χ0n) is 7.66. The molecule has 1 unspecified atom stereocenters. The molecule has 3 heteroatoms. The maximum Gasteiger partial charge on any atom is 0.333 e. The summed E-state index contributed by atoms with van der Waals surface area (Å²) < 4.78 is 4.95. The van der Waals surface area contributed by atoms with E-state index in [9.17, 15) is 4.79 Å². The third-order valence-corrected chi connectivity index (χ3v) is 2.40. The number of ether oxygens (including phenoxy) is 1. The van der Waals surface area contributed by atoms with Crippen molar-refractivity contribution in [3.05, 3.63) is 42.0 Å². The minimum atomic E-state index is -1.03. The van der Waals surface area contributed by atoms with Crippen molar-refractivity contribution in [2.45, 2.75) is 12.0 Å². The monoisotopic (exact) mass is 208 g/mol. The number of benzene rings is 1. The average Bonchev–Trinajstić information content (AvgIpc) is 2.41. The average molecular weight is 209 g/mol. The van der Waals surface area contributed by atoms with E-state index in [0.717, 1.165) is 5.56 Å². The first-order chi connectivity index (χ1) is 6.59. The van der Waals surface area contributed by atoms with Crippen LogP contribution in [0.1, 0.15) is 12.5 Å². The lowest BCUT2D eigenvalue weighted by molar-refractivity contribution is -0.139. The normalized spacial score (nSPS) is 25.9. The first kappa shape index (κ1) is 9.28. The lowest BCUT2D eigenvalue weighted by atomic mass is 10.0. The molecule has 1 aliphatic heterocycles. The Morgan fingerprint density at radius 3 is 2.43 bits per heavy atom. The van der Waals surface area contributed by atoms with Crippen LogP contribution in [0.5, 0.6) is 0 Å². The summed E-state index contributed by atoms with van der Waals surface area (Å²) in [6.45, 7) is 1.66. The number of carbonyl (C=O) groups excluding carboxylic acids is 1. The molecule has 0 amide bonds. The molecule has 0 saturated heterocycles. The summed E-state index contributed by atoms with van der Waals surface area (Å²) >= 11 is 6.05. The zero-order valence-corrected chi connectivity index (χ0v) is 8.41. The second kappa shape index (κ2) is 3.14. The molecule has 0 saturated carbocycles. The van der Waals surface area contributed by atoms with Crippen molar-refractivity contribution in [2.24, 2.45) is 0 Å². The third-order valence-electron chi connectivity index (χ3n) is 2.12. The van der Waals surface area contributed by atoms with E-state index in [0.29, 0.717) is 5.57 Å². The number of cyclic esters (lactones) is 1. The number of hydrogen-bond donors (Lipinski definition) is 0. The van der Waals surface area contributed by atoms with Gasteiger partial charge in [0.05, 0.1) is 0 Å². The van der Waals surface area contributed by atoms with Gasteiger partial charge in [-0.25, -0.2) is 4.79 Å². The maximum absolute atomic E-state index is 11.1. The van der Waals surface area contributed by atoms with E-state index >= 15 is 0 Å². The summed E-state index contributed by atoms with van der Waals surface area (Å²) in [6, 6.07) is 9.49. The SMILES string of the molecule is CC1(Cl)OC(=O)C=C1c1ccccc1. The topological polar surface area (TPSA) is 26.3 Å². The molecule has 0 N–H and O–H groups in total. The summed E-state index contributed by atoms with van der Waals surface area (Å²) in [6.07, 6.45) is 1.43. The van der Waals surface area contributed by atoms with Gasteiger partial charge in [0.25, 0.3) is 0 Å². The minimum absolute atomic E-state index is 0.388. The fourth-order valence-electron chi connectivity index (χ4n) is 1.48. The molecule has 0 spiro atoms. The first-order valence-electron chi connectivity index (χ1n) is 4.29. The predicted octanol–water partition coefficient (Wildman–Crippen LogP) is 2.58. The van der Waals surface area contributed by atoms with Gasteiger partial charge in [0.2, 0.25) is 5.06 Å². The number of hydrogen-bond acceptors (Lipinski definition) is 2. The van der Waals surface area contributed by atoms with E-state index < -0.39 is 5.06 Å². The highest BCUT2D eigenvalue weighted by Crippen LogP contribution is 2.38. The highest BCUT2D eigenvalue weighted by atomic mass is 35.5. The molecular weight excluding hydrogens is 200 g/mol. The van der Waals surface area contributed by atoms with E-state index in [1.807, 2.05) is 30.3 Å². The van der Waals surface area contributed by atoms with Crippen LogP contribution in [-0.4, -0.2) is 11.0 Å². The van der Waals surface area contributed by atoms with Gasteiger partial charge < -0.3 is 4.74 Å². The van der Waals surface area contributed by atoms with Gasteiger partial charge in [0.15, 0.2) is 0 Å². The third kappa shape index (κ3) is 1.53. The largest absolute Gasteiger partial charge is 0.436 e. The lowest BCUT2D eigenvalue weighted by Crippen LogP contribution is -2.18. The highest BCUT2D eigenvalue weighted by molar-refractivity contribution is 6.31. The summed E-state index contributed by atoms with van der Waals surface area (Å²) in [5.41, 5.74) is 1.63. The Morgan fingerprint density at radius 2 is 1.93 bits per heavy atom. The molecule has 0 radical (unpaired) electrons. The van der Waals surface area contributed by atoms with Gasteiger partial charge in [0.1, 0.15) is 0 Å². The van der Waals surface area contributed by atoms with Crippen LogP contribution in [0.4, 0.5) is 0 Å². The van der Waals surface area contributed by atoms with Crippen LogP contribution in [0, 0.1) is 0 Å². The van der Waals surface area contributed by atoms with Crippen LogP contribution in [0.15, 0.2) is 36.4 Å². The second-order valence-corrected chi connectivity index (χ2v) is 3.98. The van der Waals surface area contributed by atoms with Crippen LogP contribution in [-0.2, 0) is 9.53 Å². The van der Waals surface area contributed by atoms with Crippen LogP contribution in [0.2, 0.25) is 0 Å². The van der Waals surface area contributed by atoms with Crippen molar-refractivity contribution in [2.75, 3.05) is 0 Å². The molecule has 1 aromatic rings. The van der Waals surface area contributed by atoms with Gasteiger partial charge in [0, 0.05) is 11.6 Å². The van der Waals surface area contributed by atoms with E-state index in [1.54, 1.807) is 6.92 Å². The fourth-order valence-corrected chi connectivity index (χ4v) is 1.72. The molecule has 1 heterocycles. The van der Waals surface area contributed by atoms with Crippen LogP contribution < -0.4 is 0 Å². The predicted molar refractivity (Wildman–Crippen MR) is 54.8 cm³/mol. The second-order valence-electron chi connectivity index (χ2n) is 3.26. The number of esters is 1. The van der Waals surface area contributed by atoms with E-state index in [4.69, 9.17) is 16.3 Å². The number of rotatable bonds is 1. The molecule has 0 bridgehead atoms. The van der Waals surface area contributed by atoms with Crippen molar-refractivity contribution >= 4 is 23.1 Å². The highest BCUT2D eigenvalue weighted by Gasteiger charge is 2.37. The fraction of sp³-hybridized carbons (Fsp3) is 0.182. The summed E-state index contributed by atoms with van der Waals surface area (Å²) in [5.74, 6) is -0.388. The van der Waals surface area contributed by atoms with Crippen LogP contribution in [0.25, 0.3) is 5.57 Å². The molecule has 1 aliphatic rings. The van der Waals surface area contributed by atoms with Gasteiger partial charge in [-0.3, -0.25) is 0 Å². The van der Waals surface area contributed by atoms with E-state index in [2.05, 4.69) is 0 Å². The van der Waals surface area contributed by atoms with Gasteiger partial charge in [-0.2, -0.15) is 0 Å². The Labute approximate surface area is 87.1 Å². The lowest BCUT2D eigenvalue weighted by Gasteiger charge is -2.18. The van der Waals surface area contributed by atoms with E-state index in [1.165, 1.54) is 6.08 Å². The molecule has 0 aromatic heterocycles. The minimum Gasteiger partial charge on any atom is -0.436 e. The Hall–Kier alpha value is -1.28. The Balaban J connectivity index is 2.45. The molecule has 0 fully saturated rings. The molecule has 2 nitrogen and oxygen atoms in total. The van der Waals surface area contributed by atoms with Crippen molar-refractivity contribution < 1.29 is 9.53 Å². The molecule has 1 aromatic carbocycles. The number of halogens is 1. The zero-order chi connectivity index (χ0) is 10.2. The standard InChI is InChI=1S/C11H9ClO2/c1-11(12)9(7-10(13)14-11)8-5-3-2-4-6-8/h2-7H,1H3. The van der Waals surface area contributed by atoms with E-state index in [-0.39, 0.29) is 5.97 Å². The van der Waals surface area contributed by atoms with Gasteiger partial charge in [-0.05, 0) is 12.5 Å². The van der Waals surface area contributed by atoms with Gasteiger partial charge in [-0.1, -0.05) is 41.9 Å². The van der Waals surface area contributed by atoms with Crippen LogP contribution >= 0.6 is 11.6 Å². The van der Waals surface area contributed by atoms with Gasteiger partial charge >= 0.3 is 5.97 Å². The van der Waals surface area contributed by atoms with Gasteiger partial charge in [-0.15, -0.1) is 0 Å². The quantitative estimate of drug-likeness (QED) is 0.524. The Morgan fingerprint density at radius 1 is 1.29 bits per heavy atom. The summed E-state index contributed by atoms with van der Waals surface area (Å²) in [7, 11) is 0. The molecule has 1 atom stereocenters. The Bertz CT molecular complexity index is 393. The van der Waals surface area contributed by atoms with Crippen LogP contribution in [0.3, 0.4) is 0 Å². The molecule has 2 rings (SSSR count). The van der Waals surface area contributed by atoms with Crippen molar-refractivity contribution in [3.8, 4) is 0 Å². The molecule has 14 heavy (non-hydrogen) atoms. The summed E-state index contributed by atoms with van der Waals surface area (Å²) in [5, 5.41) is -1.03. The van der Waals surface area contributed by atoms with Crippen molar-refractivity contribution in [1.82, 2.24) is 0 Å². The Kier molecular flexibility index (Phi) is 2.08. The van der Waals surface area contributed by atoms with Crippen molar-refractivity contribution in [1.29, 1.82) is 0 Å². The summed E-state index contributed by atoms with van der Waals surface area (Å²) in [4.78, 5) is 11.1. The number of carbonyl (C=O) groups is 1. The molecule has 72 valence electrons. The van der Waals surface area contributed by atoms with Crippen molar-refractivity contribution in [3.63, 3.8) is 0 Å². The molecule has 0 aliphatic carbocycles.